The number of para-hydroxylation sites is 1. The molecule has 0 fully saturated rings. The Hall–Kier alpha value is -2.53. The van der Waals surface area contributed by atoms with Crippen LogP contribution in [0.15, 0.2) is 29.4 Å². The van der Waals surface area contributed by atoms with Gasteiger partial charge in [0.25, 0.3) is 15.2 Å². The molecule has 0 amide bonds. The van der Waals surface area contributed by atoms with Crippen molar-refractivity contribution < 1.29 is 21.9 Å². The zero-order chi connectivity index (χ0) is 18.2. The molecule has 2 aromatic heterocycles. The number of rotatable bonds is 5. The quantitative estimate of drug-likeness (QED) is 0.672. The van der Waals surface area contributed by atoms with Crippen molar-refractivity contribution >= 4 is 33.0 Å². The molecule has 8 nitrogen and oxygen atoms in total. The van der Waals surface area contributed by atoms with E-state index in [1.807, 2.05) is 4.72 Å². The van der Waals surface area contributed by atoms with E-state index in [-0.39, 0.29) is 23.3 Å². The lowest BCUT2D eigenvalue weighted by molar-refractivity contribution is 0.296. The van der Waals surface area contributed by atoms with Crippen LogP contribution >= 0.6 is 11.6 Å². The molecule has 132 valence electrons. The van der Waals surface area contributed by atoms with Crippen LogP contribution in [0.25, 0.3) is 5.65 Å². The molecule has 0 aliphatic heterocycles. The molecule has 0 unspecified atom stereocenters. The fourth-order valence-corrected chi connectivity index (χ4v) is 3.16. The van der Waals surface area contributed by atoms with Crippen LogP contribution in [0.3, 0.4) is 0 Å². The van der Waals surface area contributed by atoms with Gasteiger partial charge in [0.1, 0.15) is 11.5 Å². The minimum absolute atomic E-state index is 0.143. The van der Waals surface area contributed by atoms with Gasteiger partial charge in [-0.15, -0.1) is 5.10 Å². The van der Waals surface area contributed by atoms with Crippen LogP contribution < -0.4 is 9.46 Å². The third-order valence-corrected chi connectivity index (χ3v) is 4.40. The highest BCUT2D eigenvalue weighted by Gasteiger charge is 2.25. The van der Waals surface area contributed by atoms with Crippen molar-refractivity contribution in [2.24, 2.45) is 0 Å². The van der Waals surface area contributed by atoms with Crippen LogP contribution in [0.4, 0.5) is 14.5 Å². The van der Waals surface area contributed by atoms with E-state index in [1.165, 1.54) is 12.1 Å². The third-order valence-electron chi connectivity index (χ3n) is 2.96. The van der Waals surface area contributed by atoms with Crippen LogP contribution in [0.1, 0.15) is 6.92 Å². The first-order valence-electron chi connectivity index (χ1n) is 6.85. The standard InChI is InChI=1S/C13H10ClF2N5O3S/c1-2-24-13-17-9(16)6-10-18-12(19-21(10)13)25(22,23)20-11-7(14)4-3-5-8(11)15/h3-6,20H,2H2,1H3. The van der Waals surface area contributed by atoms with Gasteiger partial charge in [-0.2, -0.15) is 27.3 Å². The van der Waals surface area contributed by atoms with Crippen LogP contribution in [0.2, 0.25) is 5.02 Å². The van der Waals surface area contributed by atoms with Gasteiger partial charge in [0.05, 0.1) is 11.6 Å². The molecular weight excluding hydrogens is 380 g/mol. The zero-order valence-electron chi connectivity index (χ0n) is 12.6. The van der Waals surface area contributed by atoms with E-state index in [4.69, 9.17) is 16.3 Å². The summed E-state index contributed by atoms with van der Waals surface area (Å²) in [6, 6.07) is 4.28. The number of nitrogens with zero attached hydrogens (tertiary/aromatic N) is 4. The maximum atomic E-state index is 13.8. The molecule has 25 heavy (non-hydrogen) atoms. The van der Waals surface area contributed by atoms with Crippen molar-refractivity contribution in [2.75, 3.05) is 11.3 Å². The van der Waals surface area contributed by atoms with Crippen molar-refractivity contribution in [3.8, 4) is 6.01 Å². The molecule has 1 aromatic carbocycles. The smallest absolute Gasteiger partial charge is 0.322 e. The van der Waals surface area contributed by atoms with Crippen LogP contribution in [0, 0.1) is 11.8 Å². The second-order valence-electron chi connectivity index (χ2n) is 4.66. The Morgan fingerprint density at radius 1 is 1.32 bits per heavy atom. The number of benzene rings is 1. The molecule has 12 heteroatoms. The van der Waals surface area contributed by atoms with Gasteiger partial charge in [-0.25, -0.2) is 4.39 Å². The Balaban J connectivity index is 2.07. The van der Waals surface area contributed by atoms with Crippen molar-refractivity contribution in [3.05, 3.63) is 41.1 Å². The van der Waals surface area contributed by atoms with Gasteiger partial charge < -0.3 is 4.74 Å². The molecule has 0 aliphatic rings. The molecule has 1 N–H and O–H groups in total. The lowest BCUT2D eigenvalue weighted by Crippen LogP contribution is -2.16. The third kappa shape index (κ3) is 3.33. The van der Waals surface area contributed by atoms with Gasteiger partial charge in [0.15, 0.2) is 5.65 Å². The van der Waals surface area contributed by atoms with E-state index in [9.17, 15) is 17.2 Å². The molecule has 0 spiro atoms. The molecule has 3 aromatic rings. The number of hydrogen-bond donors (Lipinski definition) is 1. The molecule has 0 bridgehead atoms. The summed E-state index contributed by atoms with van der Waals surface area (Å²) in [5.41, 5.74) is -0.590. The molecule has 3 rings (SSSR count). The Bertz CT molecular complexity index is 1040. The summed E-state index contributed by atoms with van der Waals surface area (Å²) in [6.45, 7) is 1.78. The normalized spacial score (nSPS) is 11.7. The largest absolute Gasteiger partial charge is 0.464 e. The van der Waals surface area contributed by atoms with Crippen molar-refractivity contribution in [1.82, 2.24) is 19.6 Å². The summed E-state index contributed by atoms with van der Waals surface area (Å²) < 4.78 is 60.0. The van der Waals surface area contributed by atoms with Gasteiger partial charge in [0.2, 0.25) is 5.95 Å². The first-order chi connectivity index (χ1) is 11.8. The number of sulfonamides is 1. The van der Waals surface area contributed by atoms with Crippen LogP contribution in [-0.4, -0.2) is 34.6 Å². The van der Waals surface area contributed by atoms with Gasteiger partial charge in [-0.3, -0.25) is 4.72 Å². The van der Waals surface area contributed by atoms with E-state index in [0.29, 0.717) is 0 Å². The monoisotopic (exact) mass is 389 g/mol. The highest BCUT2D eigenvalue weighted by atomic mass is 35.5. The average molecular weight is 390 g/mol. The van der Waals surface area contributed by atoms with Crippen molar-refractivity contribution in [1.29, 1.82) is 0 Å². The number of halogens is 3. The molecule has 0 aliphatic carbocycles. The number of fused-ring (bicyclic) bond motifs is 1. The van der Waals surface area contributed by atoms with E-state index >= 15 is 0 Å². The van der Waals surface area contributed by atoms with E-state index < -0.39 is 32.6 Å². The summed E-state index contributed by atoms with van der Waals surface area (Å²) in [5, 5.41) is 2.87. The van der Waals surface area contributed by atoms with Gasteiger partial charge in [-0.1, -0.05) is 17.7 Å². The SMILES string of the molecule is CCOc1nc(F)cc2nc(S(=O)(=O)Nc3c(F)cccc3Cl)nn12. The maximum absolute atomic E-state index is 13.8. The fourth-order valence-electron chi connectivity index (χ4n) is 1.93. The Morgan fingerprint density at radius 2 is 2.08 bits per heavy atom. The molecule has 0 radical (unpaired) electrons. The van der Waals surface area contributed by atoms with E-state index in [0.717, 1.165) is 16.6 Å². The maximum Gasteiger partial charge on any atom is 0.322 e. The minimum atomic E-state index is -4.39. The highest BCUT2D eigenvalue weighted by molar-refractivity contribution is 7.92. The molecule has 0 atom stereocenters. The predicted molar refractivity (Wildman–Crippen MR) is 84.1 cm³/mol. The van der Waals surface area contributed by atoms with Crippen molar-refractivity contribution in [3.63, 3.8) is 0 Å². The first kappa shape index (κ1) is 17.3. The highest BCUT2D eigenvalue weighted by Crippen LogP contribution is 2.27. The van der Waals surface area contributed by atoms with Crippen LogP contribution in [-0.2, 0) is 10.0 Å². The molecule has 0 saturated carbocycles. The lowest BCUT2D eigenvalue weighted by atomic mass is 10.3. The first-order valence-corrected chi connectivity index (χ1v) is 8.71. The molecule has 0 saturated heterocycles. The fraction of sp³-hybridized carbons (Fsp3) is 0.154. The summed E-state index contributed by atoms with van der Waals surface area (Å²) in [6.07, 6.45) is 0. The average Bonchev–Trinajstić information content (AvgIpc) is 2.96. The Labute approximate surface area is 145 Å². The molecule has 2 heterocycles. The summed E-state index contributed by atoms with van der Waals surface area (Å²) in [7, 11) is -4.39. The van der Waals surface area contributed by atoms with Crippen LogP contribution in [0.5, 0.6) is 6.01 Å². The van der Waals surface area contributed by atoms with Gasteiger partial charge in [-0.05, 0) is 19.1 Å². The van der Waals surface area contributed by atoms with E-state index in [2.05, 4.69) is 15.1 Å². The zero-order valence-corrected chi connectivity index (χ0v) is 14.1. The summed E-state index contributed by atoms with van der Waals surface area (Å²) in [5.74, 6) is -1.79. The van der Waals surface area contributed by atoms with Crippen molar-refractivity contribution in [2.45, 2.75) is 12.1 Å². The second-order valence-corrected chi connectivity index (χ2v) is 6.64. The number of hydrogen-bond acceptors (Lipinski definition) is 6. The van der Waals surface area contributed by atoms with E-state index in [1.54, 1.807) is 6.92 Å². The van der Waals surface area contributed by atoms with Gasteiger partial charge in [0, 0.05) is 6.07 Å². The van der Waals surface area contributed by atoms with Gasteiger partial charge >= 0.3 is 6.01 Å². The minimum Gasteiger partial charge on any atom is -0.464 e. The molecular formula is C13H10ClF2N5O3S. The second kappa shape index (κ2) is 6.41. The number of aromatic nitrogens is 4. The Kier molecular flexibility index (Phi) is 4.43. The number of ether oxygens (including phenoxy) is 1. The predicted octanol–water partition coefficient (Wildman–Crippen LogP) is 2.26. The number of anilines is 1. The number of nitrogens with one attached hydrogen (secondary N) is 1. The lowest BCUT2D eigenvalue weighted by Gasteiger charge is -2.07. The Morgan fingerprint density at radius 3 is 2.76 bits per heavy atom. The summed E-state index contributed by atoms with van der Waals surface area (Å²) in [4.78, 5) is 7.19. The summed E-state index contributed by atoms with van der Waals surface area (Å²) >= 11 is 5.80. The topological polar surface area (TPSA) is 98.5 Å².